The van der Waals surface area contributed by atoms with Crippen LogP contribution in [0.5, 0.6) is 0 Å². The Morgan fingerprint density at radius 3 is 3.40 bits per heavy atom. The number of hydrogen-bond donors (Lipinski definition) is 1. The van der Waals surface area contributed by atoms with Crippen molar-refractivity contribution in [2.24, 2.45) is 4.99 Å². The highest BCUT2D eigenvalue weighted by molar-refractivity contribution is 5.82. The predicted octanol–water partition coefficient (Wildman–Crippen LogP) is 0.165. The van der Waals surface area contributed by atoms with Crippen LogP contribution in [0.15, 0.2) is 16.3 Å². The van der Waals surface area contributed by atoms with Crippen molar-refractivity contribution in [3.8, 4) is 0 Å². The van der Waals surface area contributed by atoms with Crippen molar-refractivity contribution >= 4 is 6.21 Å². The lowest BCUT2D eigenvalue weighted by molar-refractivity contribution is 0.275. The molecule has 0 atom stereocenters. The summed E-state index contributed by atoms with van der Waals surface area (Å²) in [5.74, 6) is 0. The fraction of sp³-hybridized carbons (Fsp3) is 0.571. The van der Waals surface area contributed by atoms with Crippen LogP contribution in [0.3, 0.4) is 0 Å². The van der Waals surface area contributed by atoms with E-state index in [0.717, 1.165) is 19.6 Å². The lowest BCUT2D eigenvalue weighted by Gasteiger charge is -2.14. The minimum absolute atomic E-state index is 0.902. The Bertz CT molecular complexity index is 205. The highest BCUT2D eigenvalue weighted by Crippen LogP contribution is 2.14. The summed E-state index contributed by atoms with van der Waals surface area (Å²) in [7, 11) is 0. The maximum Gasteiger partial charge on any atom is 0.0692 e. The first-order chi connectivity index (χ1) is 4.90. The molecule has 2 heterocycles. The molecule has 3 heteroatoms. The second kappa shape index (κ2) is 2.09. The first-order valence-corrected chi connectivity index (χ1v) is 3.63. The zero-order valence-electron chi connectivity index (χ0n) is 6.09. The number of rotatable bonds is 1. The molecular weight excluding hydrogens is 126 g/mol. The summed E-state index contributed by atoms with van der Waals surface area (Å²) in [5.41, 5.74) is 5.92. The summed E-state index contributed by atoms with van der Waals surface area (Å²) < 4.78 is 0. The number of hydrazine groups is 1. The van der Waals surface area contributed by atoms with Gasteiger partial charge in [0.1, 0.15) is 0 Å². The Morgan fingerprint density at radius 1 is 1.80 bits per heavy atom. The average molecular weight is 137 g/mol. The number of nitrogens with one attached hydrogen (secondary N) is 1. The van der Waals surface area contributed by atoms with Gasteiger partial charge in [0.2, 0.25) is 0 Å². The van der Waals surface area contributed by atoms with Crippen molar-refractivity contribution in [3.05, 3.63) is 11.3 Å². The van der Waals surface area contributed by atoms with Crippen LogP contribution in [0.1, 0.15) is 6.92 Å². The molecule has 0 saturated carbocycles. The highest BCUT2D eigenvalue weighted by atomic mass is 15.5. The van der Waals surface area contributed by atoms with E-state index in [9.17, 15) is 0 Å². The van der Waals surface area contributed by atoms with Gasteiger partial charge in [0.05, 0.1) is 12.2 Å². The Hall–Kier alpha value is -0.830. The van der Waals surface area contributed by atoms with E-state index in [0.29, 0.717) is 0 Å². The standard InChI is InChI=1S/C7H11N3/c1-2-10-5-6-3-8-4-7(6)9-10/h4,9H,2-3,5H2,1H3. The van der Waals surface area contributed by atoms with E-state index < -0.39 is 0 Å². The molecule has 0 bridgehead atoms. The van der Waals surface area contributed by atoms with Crippen molar-refractivity contribution in [3.63, 3.8) is 0 Å². The van der Waals surface area contributed by atoms with E-state index in [4.69, 9.17) is 0 Å². The van der Waals surface area contributed by atoms with E-state index >= 15 is 0 Å². The SMILES string of the molecule is CCN1CC2=C(C=NC2)N1. The van der Waals surface area contributed by atoms with Gasteiger partial charge < -0.3 is 5.43 Å². The molecule has 3 nitrogen and oxygen atoms in total. The van der Waals surface area contributed by atoms with Gasteiger partial charge in [0.15, 0.2) is 0 Å². The third-order valence-corrected chi connectivity index (χ3v) is 1.93. The van der Waals surface area contributed by atoms with Crippen LogP contribution in [0, 0.1) is 0 Å². The first kappa shape index (κ1) is 5.92. The summed E-state index contributed by atoms with van der Waals surface area (Å²) in [4.78, 5) is 4.15. The van der Waals surface area contributed by atoms with E-state index in [2.05, 4.69) is 22.4 Å². The molecule has 0 aromatic heterocycles. The predicted molar refractivity (Wildman–Crippen MR) is 40.8 cm³/mol. The number of hydrogen-bond acceptors (Lipinski definition) is 3. The summed E-state index contributed by atoms with van der Waals surface area (Å²) in [5, 5.41) is 2.19. The number of allylic oxidation sites excluding steroid dienone is 1. The molecule has 2 aliphatic heterocycles. The molecule has 0 aromatic rings. The number of nitrogens with zero attached hydrogens (tertiary/aromatic N) is 2. The molecule has 10 heavy (non-hydrogen) atoms. The quantitative estimate of drug-likeness (QED) is 0.557. The van der Waals surface area contributed by atoms with Gasteiger partial charge in [-0.15, -0.1) is 0 Å². The first-order valence-electron chi connectivity index (χ1n) is 3.63. The lowest BCUT2D eigenvalue weighted by Crippen LogP contribution is -2.32. The van der Waals surface area contributed by atoms with Crippen LogP contribution in [-0.2, 0) is 0 Å². The zero-order valence-corrected chi connectivity index (χ0v) is 6.09. The average Bonchev–Trinajstić information content (AvgIpc) is 2.42. The van der Waals surface area contributed by atoms with Gasteiger partial charge in [0, 0.05) is 19.3 Å². The number of likely N-dealkylation sites (N-methyl/N-ethyl adjacent to an activating group) is 1. The minimum atomic E-state index is 0.902. The molecule has 0 aromatic carbocycles. The monoisotopic (exact) mass is 137 g/mol. The van der Waals surface area contributed by atoms with Gasteiger partial charge in [0.25, 0.3) is 0 Å². The summed E-state index contributed by atoms with van der Waals surface area (Å²) in [6, 6.07) is 0. The number of aliphatic imine (C=N–C) groups is 1. The molecule has 2 rings (SSSR count). The Morgan fingerprint density at radius 2 is 2.70 bits per heavy atom. The normalized spacial score (nSPS) is 23.7. The molecule has 0 saturated heterocycles. The lowest BCUT2D eigenvalue weighted by atomic mass is 10.2. The zero-order chi connectivity index (χ0) is 6.97. The van der Waals surface area contributed by atoms with Crippen LogP contribution < -0.4 is 5.43 Å². The van der Waals surface area contributed by atoms with Crippen molar-refractivity contribution < 1.29 is 0 Å². The molecule has 2 aliphatic rings. The molecule has 0 amide bonds. The van der Waals surface area contributed by atoms with E-state index in [-0.39, 0.29) is 0 Å². The van der Waals surface area contributed by atoms with Crippen LogP contribution in [0.25, 0.3) is 0 Å². The minimum Gasteiger partial charge on any atom is -0.317 e. The molecule has 0 fully saturated rings. The Balaban J connectivity index is 2.08. The van der Waals surface area contributed by atoms with E-state index in [1.165, 1.54) is 11.3 Å². The van der Waals surface area contributed by atoms with Gasteiger partial charge in [-0.2, -0.15) is 0 Å². The van der Waals surface area contributed by atoms with E-state index in [1.54, 1.807) is 0 Å². The Kier molecular flexibility index (Phi) is 1.24. The second-order valence-electron chi connectivity index (χ2n) is 2.61. The van der Waals surface area contributed by atoms with Crippen LogP contribution in [-0.4, -0.2) is 30.9 Å². The van der Waals surface area contributed by atoms with Crippen LogP contribution in [0.4, 0.5) is 0 Å². The maximum absolute atomic E-state index is 4.15. The van der Waals surface area contributed by atoms with Crippen molar-refractivity contribution in [2.45, 2.75) is 6.92 Å². The van der Waals surface area contributed by atoms with Crippen molar-refractivity contribution in [1.82, 2.24) is 10.4 Å². The Labute approximate surface area is 60.4 Å². The molecule has 0 unspecified atom stereocenters. The smallest absolute Gasteiger partial charge is 0.0692 e. The molecule has 0 spiro atoms. The topological polar surface area (TPSA) is 27.6 Å². The molecular formula is C7H11N3. The summed E-state index contributed by atoms with van der Waals surface area (Å²) in [6.07, 6.45) is 1.92. The third-order valence-electron chi connectivity index (χ3n) is 1.93. The van der Waals surface area contributed by atoms with Crippen molar-refractivity contribution in [1.29, 1.82) is 0 Å². The van der Waals surface area contributed by atoms with Crippen molar-refractivity contribution in [2.75, 3.05) is 19.6 Å². The summed E-state index contributed by atoms with van der Waals surface area (Å²) >= 11 is 0. The van der Waals surface area contributed by atoms with Gasteiger partial charge in [-0.05, 0) is 5.57 Å². The second-order valence-corrected chi connectivity index (χ2v) is 2.61. The van der Waals surface area contributed by atoms with Gasteiger partial charge >= 0.3 is 0 Å². The molecule has 1 N–H and O–H groups in total. The third kappa shape index (κ3) is 0.743. The van der Waals surface area contributed by atoms with Crippen LogP contribution >= 0.6 is 0 Å². The molecule has 0 aliphatic carbocycles. The largest absolute Gasteiger partial charge is 0.317 e. The van der Waals surface area contributed by atoms with E-state index in [1.807, 2.05) is 6.21 Å². The fourth-order valence-corrected chi connectivity index (χ4v) is 1.30. The van der Waals surface area contributed by atoms with Gasteiger partial charge in [-0.3, -0.25) is 4.99 Å². The van der Waals surface area contributed by atoms with Gasteiger partial charge in [-0.25, -0.2) is 5.01 Å². The molecule has 0 radical (unpaired) electrons. The molecule has 54 valence electrons. The van der Waals surface area contributed by atoms with Crippen LogP contribution in [0.2, 0.25) is 0 Å². The van der Waals surface area contributed by atoms with Gasteiger partial charge in [-0.1, -0.05) is 6.92 Å². The maximum atomic E-state index is 4.15. The highest BCUT2D eigenvalue weighted by Gasteiger charge is 2.20. The summed E-state index contributed by atoms with van der Waals surface area (Å²) in [6.45, 7) is 5.15. The fourth-order valence-electron chi connectivity index (χ4n) is 1.30.